The summed E-state index contributed by atoms with van der Waals surface area (Å²) in [6.45, 7) is 0. The van der Waals surface area contributed by atoms with Crippen LogP contribution in [-0.2, 0) is 0 Å². The molecular weight excluding hydrogens is 187 g/mol. The van der Waals surface area contributed by atoms with E-state index in [2.05, 4.69) is 0 Å². The van der Waals surface area contributed by atoms with Crippen molar-refractivity contribution >= 4 is 0 Å². The Morgan fingerprint density at radius 3 is 2.15 bits per heavy atom. The van der Waals surface area contributed by atoms with Crippen LogP contribution in [-0.4, -0.2) is 17.1 Å². The highest BCUT2D eigenvalue weighted by atomic mass is 19.4. The fourth-order valence-corrected chi connectivity index (χ4v) is 1.75. The van der Waals surface area contributed by atoms with E-state index in [-0.39, 0.29) is 12.8 Å². The minimum atomic E-state index is -4.42. The number of hydrogen-bond donors (Lipinski definition) is 0. The molecule has 1 saturated carbocycles. The Kier molecular flexibility index (Phi) is 2.77. The lowest BCUT2D eigenvalue weighted by Gasteiger charge is -2.26. The third-order valence-corrected chi connectivity index (χ3v) is 2.42. The highest BCUT2D eigenvalue weighted by Crippen LogP contribution is 2.38. The van der Waals surface area contributed by atoms with Gasteiger partial charge in [-0.2, -0.15) is 13.2 Å². The van der Waals surface area contributed by atoms with Crippen molar-refractivity contribution in [2.45, 2.75) is 37.9 Å². The Bertz CT molecular complexity index is 204. The second-order valence-corrected chi connectivity index (χ2v) is 3.29. The van der Waals surface area contributed by atoms with Crippen molar-refractivity contribution in [1.82, 2.24) is 0 Å². The molecule has 1 rings (SSSR count). The number of halogens is 3. The summed E-state index contributed by atoms with van der Waals surface area (Å²) < 4.78 is 36.7. The Morgan fingerprint density at radius 1 is 1.23 bits per heavy atom. The lowest BCUT2D eigenvalue weighted by molar-refractivity contribution is -0.545. The van der Waals surface area contributed by atoms with Crippen molar-refractivity contribution in [3.8, 4) is 0 Å². The standard InChI is InChI=1S/C7H10F3NO2/c8-7(9,10)5-3-1-2-4-6(5)11(12)13/h5-6H,1-4H2. The predicted molar refractivity (Wildman–Crippen MR) is 38.8 cm³/mol. The largest absolute Gasteiger partial charge is 0.398 e. The second-order valence-electron chi connectivity index (χ2n) is 3.29. The van der Waals surface area contributed by atoms with Crippen LogP contribution >= 0.6 is 0 Å². The molecular formula is C7H10F3NO2. The van der Waals surface area contributed by atoms with Crippen molar-refractivity contribution in [2.24, 2.45) is 5.92 Å². The Labute approximate surface area is 73.1 Å². The van der Waals surface area contributed by atoms with Crippen molar-refractivity contribution in [1.29, 1.82) is 0 Å². The Morgan fingerprint density at radius 2 is 1.77 bits per heavy atom. The van der Waals surface area contributed by atoms with Gasteiger partial charge >= 0.3 is 6.18 Å². The summed E-state index contributed by atoms with van der Waals surface area (Å²) in [7, 11) is 0. The molecule has 1 fully saturated rings. The van der Waals surface area contributed by atoms with Gasteiger partial charge in [-0.15, -0.1) is 0 Å². The average molecular weight is 197 g/mol. The Hall–Kier alpha value is -0.810. The molecule has 0 aliphatic heterocycles. The maximum absolute atomic E-state index is 12.2. The van der Waals surface area contributed by atoms with E-state index in [1.807, 2.05) is 0 Å². The van der Waals surface area contributed by atoms with Gasteiger partial charge in [-0.25, -0.2) is 0 Å². The van der Waals surface area contributed by atoms with Gasteiger partial charge in [0.25, 0.3) is 0 Å². The van der Waals surface area contributed by atoms with Crippen LogP contribution in [0.25, 0.3) is 0 Å². The lowest BCUT2D eigenvalue weighted by Crippen LogP contribution is -2.41. The summed E-state index contributed by atoms with van der Waals surface area (Å²) >= 11 is 0. The zero-order valence-electron chi connectivity index (χ0n) is 6.88. The normalized spacial score (nSPS) is 30.1. The Balaban J connectivity index is 2.73. The van der Waals surface area contributed by atoms with Crippen LogP contribution in [0.4, 0.5) is 13.2 Å². The monoisotopic (exact) mass is 197 g/mol. The number of alkyl halides is 3. The first-order chi connectivity index (χ1) is 5.93. The van der Waals surface area contributed by atoms with E-state index in [9.17, 15) is 23.3 Å². The third kappa shape index (κ3) is 2.32. The van der Waals surface area contributed by atoms with Crippen molar-refractivity contribution in [3.05, 3.63) is 10.1 Å². The van der Waals surface area contributed by atoms with Crippen LogP contribution in [0.1, 0.15) is 25.7 Å². The molecule has 6 heteroatoms. The van der Waals surface area contributed by atoms with E-state index in [4.69, 9.17) is 0 Å². The summed E-state index contributed by atoms with van der Waals surface area (Å²) in [6.07, 6.45) is -3.50. The van der Waals surface area contributed by atoms with E-state index in [1.165, 1.54) is 0 Å². The molecule has 13 heavy (non-hydrogen) atoms. The molecule has 76 valence electrons. The first kappa shape index (κ1) is 10.3. The van der Waals surface area contributed by atoms with Gasteiger partial charge in [-0.3, -0.25) is 10.1 Å². The van der Waals surface area contributed by atoms with Crippen LogP contribution < -0.4 is 0 Å². The van der Waals surface area contributed by atoms with Crippen LogP contribution in [0.2, 0.25) is 0 Å². The second kappa shape index (κ2) is 3.51. The highest BCUT2D eigenvalue weighted by molar-refractivity contribution is 4.80. The van der Waals surface area contributed by atoms with E-state index in [1.54, 1.807) is 0 Å². The minimum absolute atomic E-state index is 0.0528. The summed E-state index contributed by atoms with van der Waals surface area (Å²) in [5.41, 5.74) is 0. The van der Waals surface area contributed by atoms with E-state index < -0.39 is 23.1 Å². The predicted octanol–water partition coefficient (Wildman–Crippen LogP) is 2.38. The first-order valence-electron chi connectivity index (χ1n) is 4.13. The molecule has 1 aliphatic carbocycles. The van der Waals surface area contributed by atoms with Gasteiger partial charge < -0.3 is 0 Å². The van der Waals surface area contributed by atoms with Crippen molar-refractivity contribution in [3.63, 3.8) is 0 Å². The fraction of sp³-hybridized carbons (Fsp3) is 1.00. The smallest absolute Gasteiger partial charge is 0.264 e. The third-order valence-electron chi connectivity index (χ3n) is 2.42. The van der Waals surface area contributed by atoms with Gasteiger partial charge in [-0.05, 0) is 12.8 Å². The average Bonchev–Trinajstić information content (AvgIpc) is 2.03. The van der Waals surface area contributed by atoms with Crippen molar-refractivity contribution < 1.29 is 18.1 Å². The number of nitro groups is 1. The van der Waals surface area contributed by atoms with Gasteiger partial charge in [0.05, 0.1) is 0 Å². The van der Waals surface area contributed by atoms with Gasteiger partial charge in [0.1, 0.15) is 5.92 Å². The molecule has 2 unspecified atom stereocenters. The van der Waals surface area contributed by atoms with Gasteiger partial charge in [0.15, 0.2) is 0 Å². The topological polar surface area (TPSA) is 43.1 Å². The summed E-state index contributed by atoms with van der Waals surface area (Å²) in [5.74, 6) is -1.74. The quantitative estimate of drug-likeness (QED) is 0.478. The zero-order chi connectivity index (χ0) is 10.1. The SMILES string of the molecule is O=[N+]([O-])C1CCCCC1C(F)(F)F. The lowest BCUT2D eigenvalue weighted by atomic mass is 9.84. The van der Waals surface area contributed by atoms with Crippen LogP contribution in [0.5, 0.6) is 0 Å². The molecule has 0 aromatic carbocycles. The fourth-order valence-electron chi connectivity index (χ4n) is 1.75. The first-order valence-corrected chi connectivity index (χ1v) is 4.13. The molecule has 3 nitrogen and oxygen atoms in total. The molecule has 0 heterocycles. The van der Waals surface area contributed by atoms with Crippen LogP contribution in [0, 0.1) is 16.0 Å². The molecule has 0 N–H and O–H groups in total. The molecule has 2 atom stereocenters. The van der Waals surface area contributed by atoms with Gasteiger partial charge in [0.2, 0.25) is 6.04 Å². The molecule has 0 radical (unpaired) electrons. The summed E-state index contributed by atoms with van der Waals surface area (Å²) in [5, 5.41) is 10.3. The molecule has 0 spiro atoms. The minimum Gasteiger partial charge on any atom is -0.264 e. The molecule has 0 aromatic rings. The van der Waals surface area contributed by atoms with Gasteiger partial charge in [0, 0.05) is 11.3 Å². The summed E-state index contributed by atoms with van der Waals surface area (Å²) in [4.78, 5) is 9.52. The summed E-state index contributed by atoms with van der Waals surface area (Å²) in [6, 6.07) is -1.42. The van der Waals surface area contributed by atoms with Gasteiger partial charge in [-0.1, -0.05) is 6.42 Å². The maximum atomic E-state index is 12.2. The van der Waals surface area contributed by atoms with E-state index in [0.29, 0.717) is 12.8 Å². The van der Waals surface area contributed by atoms with Crippen molar-refractivity contribution in [2.75, 3.05) is 0 Å². The number of hydrogen-bond acceptors (Lipinski definition) is 2. The van der Waals surface area contributed by atoms with E-state index in [0.717, 1.165) is 0 Å². The zero-order valence-corrected chi connectivity index (χ0v) is 6.88. The molecule has 1 aliphatic rings. The number of rotatable bonds is 1. The maximum Gasteiger partial charge on any atom is 0.398 e. The molecule has 0 saturated heterocycles. The number of nitrogens with zero attached hydrogens (tertiary/aromatic N) is 1. The molecule has 0 amide bonds. The highest BCUT2D eigenvalue weighted by Gasteiger charge is 2.51. The van der Waals surface area contributed by atoms with Crippen LogP contribution in [0.15, 0.2) is 0 Å². The van der Waals surface area contributed by atoms with E-state index >= 15 is 0 Å². The molecule has 0 aromatic heterocycles. The molecule has 0 bridgehead atoms. The van der Waals surface area contributed by atoms with Crippen LogP contribution in [0.3, 0.4) is 0 Å².